The molecule has 0 aliphatic rings. The molecule has 2 heterocycles. The first-order valence-electron chi connectivity index (χ1n) is 6.88. The third-order valence-electron chi connectivity index (χ3n) is 3.35. The zero-order valence-corrected chi connectivity index (χ0v) is 12.0. The number of nitrogens with zero attached hydrogens (tertiary/aromatic N) is 4. The molecule has 0 radical (unpaired) electrons. The minimum Gasteiger partial charge on any atom is -0.395 e. The average Bonchev–Trinajstić information content (AvgIpc) is 2.93. The number of para-hydroxylation sites is 1. The molecule has 0 aliphatic heterocycles. The number of fused-ring (bicyclic) bond motifs is 1. The molecule has 112 valence electrons. The van der Waals surface area contributed by atoms with Gasteiger partial charge in [0.1, 0.15) is 0 Å². The molecule has 7 nitrogen and oxygen atoms in total. The minimum atomic E-state index is -0.356. The number of aliphatic hydroxyl groups excluding tert-OH is 1. The lowest BCUT2D eigenvalue weighted by Gasteiger charge is -2.07. The van der Waals surface area contributed by atoms with Crippen LogP contribution in [-0.4, -0.2) is 44.1 Å². The molecule has 0 aliphatic carbocycles. The van der Waals surface area contributed by atoms with Crippen LogP contribution in [0.4, 0.5) is 0 Å². The maximum atomic E-state index is 12.0. The number of aliphatic hydroxyl groups is 1. The number of carbonyl (C=O) groups is 1. The van der Waals surface area contributed by atoms with Crippen molar-refractivity contribution in [1.82, 2.24) is 25.3 Å². The summed E-state index contributed by atoms with van der Waals surface area (Å²) in [7, 11) is 0. The number of nitrogens with one attached hydrogen (secondary N) is 1. The number of hydrogen-bond donors (Lipinski definition) is 2. The standard InChI is InChI=1S/C15H15N5O2/c1-10-13(15(22)17-8-9-21)18-19-20(10)12-6-2-4-11-5-3-7-16-14(11)12/h2-7,21H,8-9H2,1H3,(H,17,22). The van der Waals surface area contributed by atoms with Gasteiger partial charge in [-0.1, -0.05) is 23.4 Å². The topological polar surface area (TPSA) is 92.9 Å². The summed E-state index contributed by atoms with van der Waals surface area (Å²) in [5.41, 5.74) is 2.42. The molecule has 2 aromatic heterocycles. The first kappa shape index (κ1) is 14.2. The Morgan fingerprint density at radius 3 is 2.95 bits per heavy atom. The SMILES string of the molecule is Cc1c(C(=O)NCCO)nnn1-c1cccc2cccnc12. The molecule has 0 atom stereocenters. The van der Waals surface area contributed by atoms with Crippen molar-refractivity contribution < 1.29 is 9.90 Å². The molecule has 22 heavy (non-hydrogen) atoms. The number of hydrogen-bond acceptors (Lipinski definition) is 5. The van der Waals surface area contributed by atoms with Crippen molar-refractivity contribution >= 4 is 16.8 Å². The van der Waals surface area contributed by atoms with Crippen LogP contribution in [0.25, 0.3) is 16.6 Å². The maximum Gasteiger partial charge on any atom is 0.273 e. The van der Waals surface area contributed by atoms with E-state index < -0.39 is 0 Å². The quantitative estimate of drug-likeness (QED) is 0.744. The molecule has 0 spiro atoms. The second-order valence-electron chi connectivity index (χ2n) is 4.77. The highest BCUT2D eigenvalue weighted by atomic mass is 16.3. The lowest BCUT2D eigenvalue weighted by Crippen LogP contribution is -2.27. The summed E-state index contributed by atoms with van der Waals surface area (Å²) >= 11 is 0. The van der Waals surface area contributed by atoms with Gasteiger partial charge in [-0.3, -0.25) is 9.78 Å². The number of rotatable bonds is 4. The largest absolute Gasteiger partial charge is 0.395 e. The summed E-state index contributed by atoms with van der Waals surface area (Å²) in [5.74, 6) is -0.356. The third-order valence-corrected chi connectivity index (χ3v) is 3.35. The molecule has 3 aromatic rings. The Balaban J connectivity index is 2.05. The Morgan fingerprint density at radius 2 is 2.14 bits per heavy atom. The number of benzene rings is 1. The minimum absolute atomic E-state index is 0.119. The van der Waals surface area contributed by atoms with Gasteiger partial charge in [0.15, 0.2) is 5.69 Å². The molecule has 0 saturated carbocycles. The van der Waals surface area contributed by atoms with Crippen molar-refractivity contribution in [3.63, 3.8) is 0 Å². The van der Waals surface area contributed by atoms with Crippen LogP contribution >= 0.6 is 0 Å². The van der Waals surface area contributed by atoms with E-state index in [0.717, 1.165) is 16.6 Å². The van der Waals surface area contributed by atoms with Crippen LogP contribution in [0.15, 0.2) is 36.5 Å². The molecule has 3 rings (SSSR count). The molecule has 0 unspecified atom stereocenters. The van der Waals surface area contributed by atoms with E-state index in [9.17, 15) is 4.79 Å². The average molecular weight is 297 g/mol. The number of aromatic nitrogens is 4. The van der Waals surface area contributed by atoms with E-state index in [2.05, 4.69) is 20.6 Å². The van der Waals surface area contributed by atoms with Gasteiger partial charge in [0.2, 0.25) is 0 Å². The van der Waals surface area contributed by atoms with Crippen LogP contribution in [-0.2, 0) is 0 Å². The van der Waals surface area contributed by atoms with E-state index in [1.165, 1.54) is 0 Å². The fraction of sp³-hybridized carbons (Fsp3) is 0.200. The highest BCUT2D eigenvalue weighted by Crippen LogP contribution is 2.21. The van der Waals surface area contributed by atoms with Crippen LogP contribution in [0.1, 0.15) is 16.2 Å². The van der Waals surface area contributed by atoms with Gasteiger partial charge in [0, 0.05) is 18.1 Å². The summed E-state index contributed by atoms with van der Waals surface area (Å²) < 4.78 is 1.60. The van der Waals surface area contributed by atoms with Crippen molar-refractivity contribution in [3.05, 3.63) is 47.9 Å². The van der Waals surface area contributed by atoms with Crippen molar-refractivity contribution in [2.24, 2.45) is 0 Å². The first-order valence-corrected chi connectivity index (χ1v) is 6.88. The number of amides is 1. The third kappa shape index (κ3) is 2.42. The van der Waals surface area contributed by atoms with Gasteiger partial charge in [-0.2, -0.15) is 0 Å². The van der Waals surface area contributed by atoms with E-state index in [1.807, 2.05) is 30.3 Å². The fourth-order valence-corrected chi connectivity index (χ4v) is 2.28. The summed E-state index contributed by atoms with van der Waals surface area (Å²) in [6.07, 6.45) is 1.72. The van der Waals surface area contributed by atoms with Crippen molar-refractivity contribution in [3.8, 4) is 5.69 Å². The zero-order valence-electron chi connectivity index (χ0n) is 12.0. The molecule has 1 aromatic carbocycles. The zero-order chi connectivity index (χ0) is 15.5. The smallest absolute Gasteiger partial charge is 0.273 e. The summed E-state index contributed by atoms with van der Waals surface area (Å²) in [4.78, 5) is 16.4. The Kier molecular flexibility index (Phi) is 3.80. The van der Waals surface area contributed by atoms with E-state index in [1.54, 1.807) is 17.8 Å². The lowest BCUT2D eigenvalue weighted by molar-refractivity contribution is 0.0939. The summed E-state index contributed by atoms with van der Waals surface area (Å²) in [5, 5.41) is 20.3. The van der Waals surface area contributed by atoms with Crippen molar-refractivity contribution in [2.75, 3.05) is 13.2 Å². The molecule has 0 fully saturated rings. The van der Waals surface area contributed by atoms with Gasteiger partial charge in [-0.15, -0.1) is 5.10 Å². The van der Waals surface area contributed by atoms with Gasteiger partial charge in [-0.05, 0) is 19.1 Å². The predicted molar refractivity (Wildman–Crippen MR) is 80.8 cm³/mol. The van der Waals surface area contributed by atoms with Crippen molar-refractivity contribution in [1.29, 1.82) is 0 Å². The molecule has 0 saturated heterocycles. The van der Waals surface area contributed by atoms with E-state index in [0.29, 0.717) is 5.69 Å². The molecular weight excluding hydrogens is 282 g/mol. The van der Waals surface area contributed by atoms with Gasteiger partial charge >= 0.3 is 0 Å². The van der Waals surface area contributed by atoms with Crippen LogP contribution in [0.5, 0.6) is 0 Å². The lowest BCUT2D eigenvalue weighted by atomic mass is 10.2. The van der Waals surface area contributed by atoms with Crippen LogP contribution < -0.4 is 5.32 Å². The van der Waals surface area contributed by atoms with E-state index >= 15 is 0 Å². The summed E-state index contributed by atoms with van der Waals surface area (Å²) in [6, 6.07) is 9.59. The Hall–Kier alpha value is -2.80. The summed E-state index contributed by atoms with van der Waals surface area (Å²) in [6.45, 7) is 1.84. The van der Waals surface area contributed by atoms with Crippen LogP contribution in [0, 0.1) is 6.92 Å². The molecule has 7 heteroatoms. The van der Waals surface area contributed by atoms with Gasteiger partial charge in [0.05, 0.1) is 23.5 Å². The van der Waals surface area contributed by atoms with E-state index in [4.69, 9.17) is 5.11 Å². The Bertz CT molecular complexity index is 822. The van der Waals surface area contributed by atoms with Gasteiger partial charge in [0.25, 0.3) is 5.91 Å². The Labute approximate surface area is 126 Å². The number of carbonyl (C=O) groups excluding carboxylic acids is 1. The molecule has 1 amide bonds. The Morgan fingerprint density at radius 1 is 1.32 bits per heavy atom. The normalized spacial score (nSPS) is 10.8. The molecule has 0 bridgehead atoms. The highest BCUT2D eigenvalue weighted by Gasteiger charge is 2.18. The van der Waals surface area contributed by atoms with Crippen molar-refractivity contribution in [2.45, 2.75) is 6.92 Å². The fourth-order valence-electron chi connectivity index (χ4n) is 2.28. The second-order valence-corrected chi connectivity index (χ2v) is 4.77. The van der Waals surface area contributed by atoms with Gasteiger partial charge < -0.3 is 10.4 Å². The highest BCUT2D eigenvalue weighted by molar-refractivity contribution is 5.93. The molecular formula is C15H15N5O2. The monoisotopic (exact) mass is 297 g/mol. The number of pyridine rings is 1. The predicted octanol–water partition coefficient (Wildman–Crippen LogP) is 0.846. The first-order chi connectivity index (χ1) is 10.7. The van der Waals surface area contributed by atoms with Crippen LogP contribution in [0.3, 0.4) is 0 Å². The maximum absolute atomic E-state index is 12.0. The van der Waals surface area contributed by atoms with Gasteiger partial charge in [-0.25, -0.2) is 4.68 Å². The second kappa shape index (κ2) is 5.90. The van der Waals surface area contributed by atoms with E-state index in [-0.39, 0.29) is 24.8 Å². The molecule has 2 N–H and O–H groups in total. The van der Waals surface area contributed by atoms with Crippen LogP contribution in [0.2, 0.25) is 0 Å².